The second-order valence-corrected chi connectivity index (χ2v) is 3.92. The van der Waals surface area contributed by atoms with E-state index in [-0.39, 0.29) is 24.9 Å². The van der Waals surface area contributed by atoms with Crippen molar-refractivity contribution in [3.8, 4) is 0 Å². The summed E-state index contributed by atoms with van der Waals surface area (Å²) in [6.07, 6.45) is -0.863. The molecule has 0 radical (unpaired) electrons. The Balaban J connectivity index is 2.90. The van der Waals surface area contributed by atoms with Gasteiger partial charge in [-0.2, -0.15) is 0 Å². The normalized spacial score (nSPS) is 37.6. The maximum absolute atomic E-state index is 5.86. The molecule has 0 aromatic heterocycles. The molecular formula is C11H22O6. The van der Waals surface area contributed by atoms with Crippen molar-refractivity contribution < 1.29 is 28.4 Å². The van der Waals surface area contributed by atoms with Crippen LogP contribution in [0.15, 0.2) is 0 Å². The maximum atomic E-state index is 5.86. The van der Waals surface area contributed by atoms with Crippen molar-refractivity contribution in [2.75, 3.05) is 48.8 Å². The maximum Gasteiger partial charge on any atom is 0.221 e. The van der Waals surface area contributed by atoms with Crippen LogP contribution in [0.4, 0.5) is 0 Å². The van der Waals surface area contributed by atoms with Crippen LogP contribution in [0, 0.1) is 0 Å². The topological polar surface area (TPSA) is 55.4 Å². The molecular weight excluding hydrogens is 228 g/mol. The van der Waals surface area contributed by atoms with Crippen molar-refractivity contribution in [1.82, 2.24) is 0 Å². The van der Waals surface area contributed by atoms with Gasteiger partial charge in [0.05, 0.1) is 6.61 Å². The predicted molar refractivity (Wildman–Crippen MR) is 60.0 cm³/mol. The standard InChI is InChI=1S/C11H22O6/c1-12-6-8-9(14-3)10(15-4)11(16-5,17-8)7-13-2/h8-10H,6-7H2,1-5H3/t8-,9-,10+,11-/m1/s1. The first-order valence-electron chi connectivity index (χ1n) is 5.45. The van der Waals surface area contributed by atoms with Crippen molar-refractivity contribution in [2.45, 2.75) is 24.1 Å². The highest BCUT2D eigenvalue weighted by Crippen LogP contribution is 2.35. The molecule has 0 aliphatic carbocycles. The first kappa shape index (κ1) is 14.8. The summed E-state index contributed by atoms with van der Waals surface area (Å²) in [5, 5.41) is 0. The molecule has 0 aromatic rings. The summed E-state index contributed by atoms with van der Waals surface area (Å²) >= 11 is 0. The molecule has 0 spiro atoms. The zero-order valence-electron chi connectivity index (χ0n) is 11.1. The molecule has 4 atom stereocenters. The number of methoxy groups -OCH3 is 5. The van der Waals surface area contributed by atoms with Crippen molar-refractivity contribution in [2.24, 2.45) is 0 Å². The fourth-order valence-electron chi connectivity index (χ4n) is 2.26. The van der Waals surface area contributed by atoms with Gasteiger partial charge in [-0.3, -0.25) is 0 Å². The first-order valence-corrected chi connectivity index (χ1v) is 5.45. The van der Waals surface area contributed by atoms with E-state index >= 15 is 0 Å². The minimum atomic E-state index is -0.951. The highest BCUT2D eigenvalue weighted by Gasteiger charge is 2.56. The molecule has 1 heterocycles. The highest BCUT2D eigenvalue weighted by molar-refractivity contribution is 4.98. The third-order valence-electron chi connectivity index (χ3n) is 3.00. The summed E-state index contributed by atoms with van der Waals surface area (Å²) in [6.45, 7) is 0.676. The minimum Gasteiger partial charge on any atom is -0.382 e. The smallest absolute Gasteiger partial charge is 0.221 e. The van der Waals surface area contributed by atoms with Gasteiger partial charge < -0.3 is 28.4 Å². The first-order chi connectivity index (χ1) is 8.18. The molecule has 102 valence electrons. The molecule has 17 heavy (non-hydrogen) atoms. The molecule has 6 nitrogen and oxygen atoms in total. The molecule has 0 N–H and O–H groups in total. The largest absolute Gasteiger partial charge is 0.382 e. The van der Waals surface area contributed by atoms with E-state index < -0.39 is 5.79 Å². The van der Waals surface area contributed by atoms with E-state index in [0.29, 0.717) is 6.61 Å². The van der Waals surface area contributed by atoms with Crippen molar-refractivity contribution in [1.29, 1.82) is 0 Å². The lowest BCUT2D eigenvalue weighted by atomic mass is 10.1. The molecule has 0 bridgehead atoms. The van der Waals surface area contributed by atoms with E-state index in [1.54, 1.807) is 35.5 Å². The van der Waals surface area contributed by atoms with Crippen molar-refractivity contribution in [3.63, 3.8) is 0 Å². The zero-order valence-corrected chi connectivity index (χ0v) is 11.1. The number of hydrogen-bond donors (Lipinski definition) is 0. The fourth-order valence-corrected chi connectivity index (χ4v) is 2.26. The van der Waals surface area contributed by atoms with Crippen LogP contribution in [-0.2, 0) is 28.4 Å². The van der Waals surface area contributed by atoms with E-state index in [9.17, 15) is 0 Å². The third kappa shape index (κ3) is 2.78. The Kier molecular flexibility index (Phi) is 5.78. The van der Waals surface area contributed by atoms with Crippen LogP contribution in [-0.4, -0.2) is 72.9 Å². The summed E-state index contributed by atoms with van der Waals surface area (Å²) in [7, 11) is 7.97. The lowest BCUT2D eigenvalue weighted by Crippen LogP contribution is -2.49. The molecule has 0 amide bonds. The molecule has 1 saturated heterocycles. The van der Waals surface area contributed by atoms with Crippen molar-refractivity contribution >= 4 is 0 Å². The molecule has 1 rings (SSSR count). The molecule has 6 heteroatoms. The van der Waals surface area contributed by atoms with Crippen molar-refractivity contribution in [3.05, 3.63) is 0 Å². The summed E-state index contributed by atoms with van der Waals surface area (Å²) < 4.78 is 32.4. The van der Waals surface area contributed by atoms with Crippen LogP contribution in [0.5, 0.6) is 0 Å². The van der Waals surface area contributed by atoms with E-state index in [1.165, 1.54) is 0 Å². The lowest BCUT2D eigenvalue weighted by molar-refractivity contribution is -0.271. The summed E-state index contributed by atoms with van der Waals surface area (Å²) in [5.74, 6) is -0.951. The van der Waals surface area contributed by atoms with Gasteiger partial charge in [0.1, 0.15) is 24.9 Å². The fraction of sp³-hybridized carbons (Fsp3) is 1.00. The van der Waals surface area contributed by atoms with Gasteiger partial charge in [0, 0.05) is 35.5 Å². The Morgan fingerprint density at radius 1 is 1.00 bits per heavy atom. The summed E-state index contributed by atoms with van der Waals surface area (Å²) in [5.41, 5.74) is 0. The molecule has 1 aliphatic heterocycles. The van der Waals surface area contributed by atoms with Gasteiger partial charge in [0.15, 0.2) is 0 Å². The highest BCUT2D eigenvalue weighted by atomic mass is 16.8. The lowest BCUT2D eigenvalue weighted by Gasteiger charge is -2.31. The van der Waals surface area contributed by atoms with Gasteiger partial charge >= 0.3 is 0 Å². The van der Waals surface area contributed by atoms with Crippen LogP contribution in [0.25, 0.3) is 0 Å². The Labute approximate surface area is 102 Å². The van der Waals surface area contributed by atoms with E-state index in [1.807, 2.05) is 0 Å². The summed E-state index contributed by atoms with van der Waals surface area (Å²) in [6, 6.07) is 0. The van der Waals surface area contributed by atoms with Gasteiger partial charge in [-0.05, 0) is 0 Å². The van der Waals surface area contributed by atoms with Gasteiger partial charge in [0.2, 0.25) is 5.79 Å². The van der Waals surface area contributed by atoms with Gasteiger partial charge in [-0.1, -0.05) is 0 Å². The average molecular weight is 250 g/mol. The molecule has 0 aromatic carbocycles. The zero-order chi connectivity index (χ0) is 12.9. The Hall–Kier alpha value is -0.240. The second-order valence-electron chi connectivity index (χ2n) is 3.92. The minimum absolute atomic E-state index is 0.245. The van der Waals surface area contributed by atoms with E-state index in [0.717, 1.165) is 0 Å². The van der Waals surface area contributed by atoms with Crippen LogP contribution in [0.2, 0.25) is 0 Å². The van der Waals surface area contributed by atoms with E-state index in [4.69, 9.17) is 28.4 Å². The number of rotatable bonds is 7. The molecule has 1 fully saturated rings. The average Bonchev–Trinajstić information content (AvgIpc) is 2.63. The quantitative estimate of drug-likeness (QED) is 0.636. The Bertz CT molecular complexity index is 224. The summed E-state index contributed by atoms with van der Waals surface area (Å²) in [4.78, 5) is 0. The second kappa shape index (κ2) is 6.63. The van der Waals surface area contributed by atoms with E-state index in [2.05, 4.69) is 0 Å². The monoisotopic (exact) mass is 250 g/mol. The molecule has 0 saturated carbocycles. The molecule has 0 unspecified atom stereocenters. The van der Waals surface area contributed by atoms with Crippen LogP contribution in [0.3, 0.4) is 0 Å². The molecule has 1 aliphatic rings. The number of ether oxygens (including phenoxy) is 6. The number of hydrogen-bond acceptors (Lipinski definition) is 6. The van der Waals surface area contributed by atoms with Gasteiger partial charge in [-0.15, -0.1) is 0 Å². The van der Waals surface area contributed by atoms with Crippen LogP contribution < -0.4 is 0 Å². The third-order valence-corrected chi connectivity index (χ3v) is 3.00. The van der Waals surface area contributed by atoms with Crippen LogP contribution in [0.1, 0.15) is 0 Å². The Morgan fingerprint density at radius 2 is 1.71 bits per heavy atom. The predicted octanol–water partition coefficient (Wildman–Crippen LogP) is 0.0507. The van der Waals surface area contributed by atoms with Gasteiger partial charge in [-0.25, -0.2) is 0 Å². The Morgan fingerprint density at radius 3 is 2.12 bits per heavy atom. The van der Waals surface area contributed by atoms with Gasteiger partial charge in [0.25, 0.3) is 0 Å². The van der Waals surface area contributed by atoms with Crippen LogP contribution >= 0.6 is 0 Å². The SMILES string of the molecule is COC[C@H]1O[C@@](COC)(OC)[C@@H](OC)[C@@H]1OC.